The zero-order valence-electron chi connectivity index (χ0n) is 10.9. The number of carbonyl (C=O) groups is 1. The summed E-state index contributed by atoms with van der Waals surface area (Å²) in [5.41, 5.74) is 6.99. The standard InChI is InChI=1S/C14H13N3O3/c1-19-14(18)9-6-16-13(17-12(9)15)10-7-20-11-5-3-2-4-8(10)11/h2-6,10H,7H2,1H3,(H2,15,16,17). The molecule has 0 aliphatic carbocycles. The number of ether oxygens (including phenoxy) is 2. The lowest BCUT2D eigenvalue weighted by Crippen LogP contribution is -2.13. The maximum Gasteiger partial charge on any atom is 0.343 e. The first-order valence-electron chi connectivity index (χ1n) is 6.13. The number of rotatable bonds is 2. The third-order valence-electron chi connectivity index (χ3n) is 3.25. The second kappa shape index (κ2) is 4.80. The summed E-state index contributed by atoms with van der Waals surface area (Å²) in [6.07, 6.45) is 1.39. The highest BCUT2D eigenvalue weighted by Crippen LogP contribution is 2.36. The number of nitrogens with two attached hydrogens (primary N) is 1. The average Bonchev–Trinajstić information content (AvgIpc) is 2.90. The van der Waals surface area contributed by atoms with E-state index in [9.17, 15) is 4.79 Å². The number of carbonyl (C=O) groups excluding carboxylic acids is 1. The predicted octanol–water partition coefficient (Wildman–Crippen LogP) is 1.37. The van der Waals surface area contributed by atoms with Gasteiger partial charge in [0, 0.05) is 11.8 Å². The van der Waals surface area contributed by atoms with E-state index in [0.717, 1.165) is 11.3 Å². The molecule has 0 fully saturated rings. The zero-order chi connectivity index (χ0) is 14.1. The highest BCUT2D eigenvalue weighted by atomic mass is 16.5. The quantitative estimate of drug-likeness (QED) is 0.830. The van der Waals surface area contributed by atoms with Crippen molar-refractivity contribution in [3.05, 3.63) is 47.4 Å². The fourth-order valence-corrected chi connectivity index (χ4v) is 2.22. The van der Waals surface area contributed by atoms with Gasteiger partial charge in [0.25, 0.3) is 0 Å². The van der Waals surface area contributed by atoms with Crippen molar-refractivity contribution in [1.29, 1.82) is 0 Å². The van der Waals surface area contributed by atoms with E-state index >= 15 is 0 Å². The monoisotopic (exact) mass is 271 g/mol. The number of nitrogen functional groups attached to an aromatic ring is 1. The molecule has 6 heteroatoms. The van der Waals surface area contributed by atoms with Crippen LogP contribution in [0.3, 0.4) is 0 Å². The van der Waals surface area contributed by atoms with Crippen molar-refractivity contribution in [2.75, 3.05) is 19.5 Å². The van der Waals surface area contributed by atoms with Crippen molar-refractivity contribution in [2.24, 2.45) is 0 Å². The van der Waals surface area contributed by atoms with Gasteiger partial charge in [0.05, 0.1) is 13.0 Å². The maximum atomic E-state index is 11.5. The van der Waals surface area contributed by atoms with Crippen LogP contribution >= 0.6 is 0 Å². The number of fused-ring (bicyclic) bond motifs is 1. The first kappa shape index (κ1) is 12.4. The average molecular weight is 271 g/mol. The minimum atomic E-state index is -0.544. The van der Waals surface area contributed by atoms with Crippen LogP contribution in [0.1, 0.15) is 27.7 Å². The van der Waals surface area contributed by atoms with E-state index in [-0.39, 0.29) is 17.3 Å². The van der Waals surface area contributed by atoms with Gasteiger partial charge in [-0.05, 0) is 6.07 Å². The Bertz CT molecular complexity index is 672. The van der Waals surface area contributed by atoms with Crippen LogP contribution in [-0.2, 0) is 4.74 Å². The van der Waals surface area contributed by atoms with Crippen LogP contribution in [0.25, 0.3) is 0 Å². The van der Waals surface area contributed by atoms with E-state index in [2.05, 4.69) is 14.7 Å². The van der Waals surface area contributed by atoms with Crippen LogP contribution in [0, 0.1) is 0 Å². The lowest BCUT2D eigenvalue weighted by atomic mass is 10.0. The van der Waals surface area contributed by atoms with Gasteiger partial charge >= 0.3 is 5.97 Å². The van der Waals surface area contributed by atoms with E-state index in [0.29, 0.717) is 12.4 Å². The van der Waals surface area contributed by atoms with Gasteiger partial charge in [-0.1, -0.05) is 18.2 Å². The first-order chi connectivity index (χ1) is 9.70. The van der Waals surface area contributed by atoms with Crippen LogP contribution in [-0.4, -0.2) is 29.7 Å². The molecule has 1 aliphatic rings. The molecule has 1 aliphatic heterocycles. The third-order valence-corrected chi connectivity index (χ3v) is 3.25. The molecule has 6 nitrogen and oxygen atoms in total. The summed E-state index contributed by atoms with van der Waals surface area (Å²) < 4.78 is 10.2. The van der Waals surface area contributed by atoms with Crippen LogP contribution in [0.2, 0.25) is 0 Å². The fourth-order valence-electron chi connectivity index (χ4n) is 2.22. The number of benzene rings is 1. The first-order valence-corrected chi connectivity index (χ1v) is 6.13. The minimum absolute atomic E-state index is 0.0693. The van der Waals surface area contributed by atoms with Gasteiger partial charge < -0.3 is 15.2 Å². The topological polar surface area (TPSA) is 87.3 Å². The summed E-state index contributed by atoms with van der Waals surface area (Å²) in [5, 5.41) is 0. The molecule has 3 rings (SSSR count). The van der Waals surface area contributed by atoms with E-state index in [1.165, 1.54) is 13.3 Å². The third kappa shape index (κ3) is 1.95. The van der Waals surface area contributed by atoms with Gasteiger partial charge in [-0.2, -0.15) is 0 Å². The van der Waals surface area contributed by atoms with Crippen molar-refractivity contribution < 1.29 is 14.3 Å². The summed E-state index contributed by atoms with van der Waals surface area (Å²) >= 11 is 0. The van der Waals surface area contributed by atoms with Crippen LogP contribution in [0.4, 0.5) is 5.82 Å². The lowest BCUT2D eigenvalue weighted by Gasteiger charge is -2.09. The number of nitrogens with zero attached hydrogens (tertiary/aromatic N) is 2. The molecule has 0 bridgehead atoms. The molecule has 2 heterocycles. The largest absolute Gasteiger partial charge is 0.492 e. The van der Waals surface area contributed by atoms with E-state index in [1.807, 2.05) is 24.3 Å². The Morgan fingerprint density at radius 1 is 1.45 bits per heavy atom. The summed E-state index contributed by atoms with van der Waals surface area (Å²) in [6, 6.07) is 7.73. The highest BCUT2D eigenvalue weighted by Gasteiger charge is 2.28. The molecule has 102 valence electrons. The molecule has 2 aromatic rings. The Morgan fingerprint density at radius 3 is 3.00 bits per heavy atom. The number of anilines is 1. The summed E-state index contributed by atoms with van der Waals surface area (Å²) in [6.45, 7) is 0.469. The molecule has 2 N–H and O–H groups in total. The second-order valence-corrected chi connectivity index (χ2v) is 4.42. The summed E-state index contributed by atoms with van der Waals surface area (Å²) in [4.78, 5) is 19.9. The molecule has 0 spiro atoms. The molecular formula is C14H13N3O3. The van der Waals surface area contributed by atoms with Gasteiger partial charge in [-0.15, -0.1) is 0 Å². The molecule has 1 aromatic heterocycles. The zero-order valence-corrected chi connectivity index (χ0v) is 10.9. The molecule has 1 unspecified atom stereocenters. The predicted molar refractivity (Wildman–Crippen MR) is 71.6 cm³/mol. The van der Waals surface area contributed by atoms with E-state index in [4.69, 9.17) is 10.5 Å². The Kier molecular flexibility index (Phi) is 2.98. The highest BCUT2D eigenvalue weighted by molar-refractivity contribution is 5.93. The number of para-hydroxylation sites is 1. The summed E-state index contributed by atoms with van der Waals surface area (Å²) in [5.74, 6) is 0.875. The van der Waals surface area contributed by atoms with Crippen molar-refractivity contribution in [3.8, 4) is 5.75 Å². The van der Waals surface area contributed by atoms with Crippen molar-refractivity contribution in [2.45, 2.75) is 5.92 Å². The fraction of sp³-hybridized carbons (Fsp3) is 0.214. The van der Waals surface area contributed by atoms with E-state index in [1.54, 1.807) is 0 Å². The van der Waals surface area contributed by atoms with Crippen molar-refractivity contribution >= 4 is 11.8 Å². The van der Waals surface area contributed by atoms with Gasteiger partial charge in [-0.25, -0.2) is 14.8 Å². The Hall–Kier alpha value is -2.63. The van der Waals surface area contributed by atoms with Gasteiger partial charge in [0.2, 0.25) is 0 Å². The molecule has 0 radical (unpaired) electrons. The molecule has 0 saturated heterocycles. The maximum absolute atomic E-state index is 11.5. The van der Waals surface area contributed by atoms with Gasteiger partial charge in [0.1, 0.15) is 29.6 Å². The molecule has 20 heavy (non-hydrogen) atoms. The number of hydrogen-bond donors (Lipinski definition) is 1. The Labute approximate surface area is 115 Å². The second-order valence-electron chi connectivity index (χ2n) is 4.42. The Balaban J connectivity index is 1.97. The molecule has 0 amide bonds. The van der Waals surface area contributed by atoms with Crippen LogP contribution in [0.5, 0.6) is 5.75 Å². The normalized spacial score (nSPS) is 16.4. The summed E-state index contributed by atoms with van der Waals surface area (Å²) in [7, 11) is 1.29. The SMILES string of the molecule is COC(=O)c1cnc(C2COc3ccccc32)nc1N. The van der Waals surface area contributed by atoms with E-state index < -0.39 is 5.97 Å². The van der Waals surface area contributed by atoms with Crippen molar-refractivity contribution in [1.82, 2.24) is 9.97 Å². The molecular weight excluding hydrogens is 258 g/mol. The molecule has 1 aromatic carbocycles. The minimum Gasteiger partial charge on any atom is -0.492 e. The van der Waals surface area contributed by atoms with Gasteiger partial charge in [0.15, 0.2) is 0 Å². The van der Waals surface area contributed by atoms with Gasteiger partial charge in [-0.3, -0.25) is 0 Å². The number of methoxy groups -OCH3 is 1. The van der Waals surface area contributed by atoms with Crippen molar-refractivity contribution in [3.63, 3.8) is 0 Å². The smallest absolute Gasteiger partial charge is 0.343 e. The number of hydrogen-bond acceptors (Lipinski definition) is 6. The molecule has 0 saturated carbocycles. The number of aromatic nitrogens is 2. The van der Waals surface area contributed by atoms with Crippen LogP contribution < -0.4 is 10.5 Å². The Morgan fingerprint density at radius 2 is 2.25 bits per heavy atom. The number of esters is 1. The lowest BCUT2D eigenvalue weighted by molar-refractivity contribution is 0.0601. The van der Waals surface area contributed by atoms with Crippen LogP contribution in [0.15, 0.2) is 30.5 Å². The molecule has 1 atom stereocenters.